The third-order valence-corrected chi connectivity index (χ3v) is 3.20. The van der Waals surface area contributed by atoms with E-state index in [2.05, 4.69) is 34.2 Å². The van der Waals surface area contributed by atoms with Crippen LogP contribution in [0.4, 0.5) is 5.82 Å². The highest BCUT2D eigenvalue weighted by Gasteiger charge is 2.21. The Morgan fingerprint density at radius 1 is 1.32 bits per heavy atom. The van der Waals surface area contributed by atoms with E-state index in [9.17, 15) is 4.79 Å². The largest absolute Gasteiger partial charge is 0.369 e. The number of nitrogens with zero attached hydrogens (tertiary/aromatic N) is 4. The molecule has 1 aliphatic heterocycles. The van der Waals surface area contributed by atoms with E-state index in [0.717, 1.165) is 39.1 Å². The minimum Gasteiger partial charge on any atom is -0.369 e. The van der Waals surface area contributed by atoms with Gasteiger partial charge in [0.1, 0.15) is 11.5 Å². The van der Waals surface area contributed by atoms with E-state index in [1.165, 1.54) is 6.20 Å². The van der Waals surface area contributed by atoms with Crippen LogP contribution in [0.3, 0.4) is 0 Å². The van der Waals surface area contributed by atoms with Crippen LogP contribution < -0.4 is 5.32 Å². The molecule has 1 fully saturated rings. The summed E-state index contributed by atoms with van der Waals surface area (Å²) in [5.41, 5.74) is 0.422. The van der Waals surface area contributed by atoms with Crippen LogP contribution in [0.2, 0.25) is 0 Å². The first-order valence-electron chi connectivity index (χ1n) is 6.74. The van der Waals surface area contributed by atoms with Gasteiger partial charge in [-0.3, -0.25) is 9.78 Å². The van der Waals surface area contributed by atoms with Gasteiger partial charge in [-0.15, -0.1) is 0 Å². The fourth-order valence-electron chi connectivity index (χ4n) is 1.98. The number of piperazine rings is 1. The van der Waals surface area contributed by atoms with E-state index in [1.54, 1.807) is 6.20 Å². The molecule has 2 rings (SSSR count). The molecule has 6 heteroatoms. The maximum Gasteiger partial charge on any atom is 0.274 e. The van der Waals surface area contributed by atoms with Crippen molar-refractivity contribution in [3.8, 4) is 0 Å². The van der Waals surface area contributed by atoms with Crippen molar-refractivity contribution < 1.29 is 4.79 Å². The zero-order valence-electron chi connectivity index (χ0n) is 11.6. The quantitative estimate of drug-likeness (QED) is 0.866. The second kappa shape index (κ2) is 6.47. The van der Waals surface area contributed by atoms with Crippen molar-refractivity contribution in [3.63, 3.8) is 0 Å². The van der Waals surface area contributed by atoms with Gasteiger partial charge in [-0.2, -0.15) is 0 Å². The number of aromatic nitrogens is 2. The highest BCUT2D eigenvalue weighted by Crippen LogP contribution is 2.08. The molecule has 2 heterocycles. The molecular formula is C13H21N5O. The molecule has 1 aromatic rings. The summed E-state index contributed by atoms with van der Waals surface area (Å²) in [4.78, 5) is 24.8. The highest BCUT2D eigenvalue weighted by atomic mass is 16.2. The highest BCUT2D eigenvalue weighted by molar-refractivity contribution is 5.92. The Hall–Kier alpha value is -1.69. The number of carbonyl (C=O) groups excluding carboxylic acids is 1. The molecule has 1 amide bonds. The molecule has 1 saturated heterocycles. The van der Waals surface area contributed by atoms with E-state index in [1.807, 2.05) is 4.90 Å². The zero-order chi connectivity index (χ0) is 13.7. The smallest absolute Gasteiger partial charge is 0.274 e. The molecule has 0 unspecified atom stereocenters. The fourth-order valence-corrected chi connectivity index (χ4v) is 1.98. The second-order valence-electron chi connectivity index (χ2n) is 4.81. The first-order chi connectivity index (χ1) is 9.20. The molecule has 104 valence electrons. The molecule has 0 radical (unpaired) electrons. The van der Waals surface area contributed by atoms with Gasteiger partial charge in [0, 0.05) is 32.7 Å². The second-order valence-corrected chi connectivity index (χ2v) is 4.81. The topological polar surface area (TPSA) is 61.4 Å². The summed E-state index contributed by atoms with van der Waals surface area (Å²) in [6.07, 6.45) is 4.20. The van der Waals surface area contributed by atoms with E-state index in [4.69, 9.17) is 0 Å². The third kappa shape index (κ3) is 3.64. The molecule has 0 atom stereocenters. The minimum absolute atomic E-state index is 0.0271. The Kier molecular flexibility index (Phi) is 4.68. The van der Waals surface area contributed by atoms with Gasteiger partial charge < -0.3 is 15.1 Å². The van der Waals surface area contributed by atoms with E-state index in [0.29, 0.717) is 11.5 Å². The minimum atomic E-state index is -0.0271. The van der Waals surface area contributed by atoms with Crippen LogP contribution in [-0.4, -0.2) is 65.4 Å². The van der Waals surface area contributed by atoms with Crippen LogP contribution >= 0.6 is 0 Å². The lowest BCUT2D eigenvalue weighted by molar-refractivity contribution is 0.0658. The molecule has 0 aliphatic carbocycles. The molecule has 6 nitrogen and oxygen atoms in total. The van der Waals surface area contributed by atoms with Gasteiger partial charge in [0.15, 0.2) is 0 Å². The summed E-state index contributed by atoms with van der Waals surface area (Å²) < 4.78 is 0. The summed E-state index contributed by atoms with van der Waals surface area (Å²) >= 11 is 0. The Morgan fingerprint density at radius 3 is 2.74 bits per heavy atom. The average Bonchev–Trinajstić information content (AvgIpc) is 2.45. The van der Waals surface area contributed by atoms with Crippen LogP contribution in [0.1, 0.15) is 23.8 Å². The van der Waals surface area contributed by atoms with Crippen LogP contribution in [0.5, 0.6) is 0 Å². The van der Waals surface area contributed by atoms with Crippen molar-refractivity contribution in [2.24, 2.45) is 0 Å². The van der Waals surface area contributed by atoms with E-state index < -0.39 is 0 Å². The maximum absolute atomic E-state index is 12.3. The predicted molar refractivity (Wildman–Crippen MR) is 74.2 cm³/mol. The lowest BCUT2D eigenvalue weighted by Gasteiger charge is -2.32. The van der Waals surface area contributed by atoms with Gasteiger partial charge >= 0.3 is 0 Å². The molecule has 0 bridgehead atoms. The first-order valence-corrected chi connectivity index (χ1v) is 6.74. The van der Waals surface area contributed by atoms with Gasteiger partial charge in [0.05, 0.1) is 12.4 Å². The van der Waals surface area contributed by atoms with Crippen molar-refractivity contribution in [1.29, 1.82) is 0 Å². The number of hydrogen-bond acceptors (Lipinski definition) is 5. The van der Waals surface area contributed by atoms with Crippen LogP contribution in [-0.2, 0) is 0 Å². The summed E-state index contributed by atoms with van der Waals surface area (Å²) in [7, 11) is 2.07. The van der Waals surface area contributed by atoms with Crippen LogP contribution in [0.25, 0.3) is 0 Å². The molecule has 1 aromatic heterocycles. The molecule has 0 saturated carbocycles. The lowest BCUT2D eigenvalue weighted by atomic mass is 10.3. The Morgan fingerprint density at radius 2 is 2.05 bits per heavy atom. The van der Waals surface area contributed by atoms with Crippen molar-refractivity contribution >= 4 is 11.7 Å². The van der Waals surface area contributed by atoms with Crippen molar-refractivity contribution in [1.82, 2.24) is 19.8 Å². The SMILES string of the molecule is CCCNc1cncc(C(=O)N2CCN(C)CC2)n1. The number of likely N-dealkylation sites (N-methyl/N-ethyl adjacent to an activating group) is 1. The number of nitrogens with one attached hydrogen (secondary N) is 1. The van der Waals surface area contributed by atoms with Gasteiger partial charge in [-0.05, 0) is 13.5 Å². The maximum atomic E-state index is 12.3. The van der Waals surface area contributed by atoms with E-state index >= 15 is 0 Å². The summed E-state index contributed by atoms with van der Waals surface area (Å²) in [5, 5.41) is 3.15. The molecule has 1 N–H and O–H groups in total. The average molecular weight is 263 g/mol. The van der Waals surface area contributed by atoms with Crippen molar-refractivity contribution in [2.75, 3.05) is 45.1 Å². The standard InChI is InChI=1S/C13H21N5O/c1-3-4-15-12-10-14-9-11(16-12)13(19)18-7-5-17(2)6-8-18/h9-10H,3-8H2,1-2H3,(H,15,16). The molecule has 0 spiro atoms. The van der Waals surface area contributed by atoms with Crippen LogP contribution in [0, 0.1) is 0 Å². The van der Waals surface area contributed by atoms with Gasteiger partial charge in [0.25, 0.3) is 5.91 Å². The fraction of sp³-hybridized carbons (Fsp3) is 0.615. The molecular weight excluding hydrogens is 242 g/mol. The normalized spacial score (nSPS) is 16.4. The van der Waals surface area contributed by atoms with Gasteiger partial charge in [-0.1, -0.05) is 6.92 Å². The van der Waals surface area contributed by atoms with Crippen LogP contribution in [0.15, 0.2) is 12.4 Å². The number of amides is 1. The Bertz CT molecular complexity index is 429. The number of anilines is 1. The summed E-state index contributed by atoms with van der Waals surface area (Å²) in [5.74, 6) is 0.641. The number of rotatable bonds is 4. The van der Waals surface area contributed by atoms with E-state index in [-0.39, 0.29) is 5.91 Å². The number of hydrogen-bond donors (Lipinski definition) is 1. The Labute approximate surface area is 113 Å². The van der Waals surface area contributed by atoms with Gasteiger partial charge in [0.2, 0.25) is 0 Å². The summed E-state index contributed by atoms with van der Waals surface area (Å²) in [6.45, 7) is 6.24. The van der Waals surface area contributed by atoms with Gasteiger partial charge in [-0.25, -0.2) is 4.98 Å². The van der Waals surface area contributed by atoms with Crippen molar-refractivity contribution in [2.45, 2.75) is 13.3 Å². The molecule has 19 heavy (non-hydrogen) atoms. The zero-order valence-corrected chi connectivity index (χ0v) is 11.6. The Balaban J connectivity index is 2.02. The lowest BCUT2D eigenvalue weighted by Crippen LogP contribution is -2.47. The predicted octanol–water partition coefficient (Wildman–Crippen LogP) is 0.686. The summed E-state index contributed by atoms with van der Waals surface area (Å²) in [6, 6.07) is 0. The number of carbonyl (C=O) groups is 1. The first kappa shape index (κ1) is 13.7. The third-order valence-electron chi connectivity index (χ3n) is 3.20. The molecule has 1 aliphatic rings. The van der Waals surface area contributed by atoms with Crippen molar-refractivity contribution in [3.05, 3.63) is 18.1 Å². The monoisotopic (exact) mass is 263 g/mol. The molecule has 0 aromatic carbocycles.